The number of aromatic nitrogens is 2. The second-order valence-corrected chi connectivity index (χ2v) is 5.13. The van der Waals surface area contributed by atoms with Gasteiger partial charge in [-0.2, -0.15) is 5.10 Å². The van der Waals surface area contributed by atoms with Crippen LogP contribution in [0.1, 0.15) is 32.9 Å². The van der Waals surface area contributed by atoms with Crippen LogP contribution in [-0.2, 0) is 22.6 Å². The highest BCUT2D eigenvalue weighted by Gasteiger charge is 2.32. The Kier molecular flexibility index (Phi) is 4.37. The molecule has 1 saturated heterocycles. The van der Waals surface area contributed by atoms with E-state index >= 15 is 0 Å². The minimum atomic E-state index is -0.434. The van der Waals surface area contributed by atoms with Crippen molar-refractivity contribution >= 4 is 0 Å². The van der Waals surface area contributed by atoms with Crippen molar-refractivity contribution in [1.29, 1.82) is 0 Å². The number of hydrogen-bond donors (Lipinski definition) is 1. The Hall–Kier alpha value is -0.910. The molecule has 0 radical (unpaired) electrons. The maximum absolute atomic E-state index is 5.74. The van der Waals surface area contributed by atoms with Crippen LogP contribution >= 0.6 is 0 Å². The van der Waals surface area contributed by atoms with E-state index in [9.17, 15) is 0 Å². The van der Waals surface area contributed by atoms with Gasteiger partial charge in [-0.25, -0.2) is 0 Å². The fraction of sp³-hybridized carbons (Fsp3) is 0.769. The molecule has 0 amide bonds. The van der Waals surface area contributed by atoms with Crippen LogP contribution in [0.15, 0.2) is 12.3 Å². The molecule has 0 saturated carbocycles. The monoisotopic (exact) mass is 253 g/mol. The lowest BCUT2D eigenvalue weighted by molar-refractivity contribution is -0.137. The number of hydrogen-bond acceptors (Lipinski definition) is 4. The van der Waals surface area contributed by atoms with Crippen LogP contribution in [0.2, 0.25) is 0 Å². The van der Waals surface area contributed by atoms with Crippen molar-refractivity contribution < 1.29 is 9.47 Å². The second kappa shape index (κ2) is 5.82. The maximum Gasteiger partial charge on any atom is 0.163 e. The Balaban J connectivity index is 1.74. The van der Waals surface area contributed by atoms with Crippen LogP contribution in [0.5, 0.6) is 0 Å². The number of aryl methyl sites for hydroxylation is 1. The third-order valence-corrected chi connectivity index (χ3v) is 2.99. The molecule has 5 heteroatoms. The summed E-state index contributed by atoms with van der Waals surface area (Å²) in [7, 11) is 0. The molecule has 18 heavy (non-hydrogen) atoms. The lowest BCUT2D eigenvalue weighted by Gasteiger charge is -2.17. The van der Waals surface area contributed by atoms with Gasteiger partial charge in [0.2, 0.25) is 0 Å². The van der Waals surface area contributed by atoms with Crippen LogP contribution in [0.3, 0.4) is 0 Å². The van der Waals surface area contributed by atoms with Crippen LogP contribution in [0, 0.1) is 0 Å². The number of nitrogens with one attached hydrogen (secondary N) is 1. The molecule has 0 spiro atoms. The van der Waals surface area contributed by atoms with Gasteiger partial charge in [0.25, 0.3) is 0 Å². The van der Waals surface area contributed by atoms with Gasteiger partial charge in [-0.05, 0) is 26.3 Å². The summed E-state index contributed by atoms with van der Waals surface area (Å²) in [6.07, 6.45) is 3.09. The second-order valence-electron chi connectivity index (χ2n) is 5.13. The first-order valence-corrected chi connectivity index (χ1v) is 6.64. The highest BCUT2D eigenvalue weighted by molar-refractivity contribution is 5.00. The van der Waals surface area contributed by atoms with Gasteiger partial charge in [-0.3, -0.25) is 4.68 Å². The molecule has 1 fully saturated rings. The summed E-state index contributed by atoms with van der Waals surface area (Å²) < 4.78 is 13.3. The summed E-state index contributed by atoms with van der Waals surface area (Å²) >= 11 is 0. The SMILES string of the molecule is CCCn1nccc1CNCC1COC(C)(C)O1. The molecule has 0 bridgehead atoms. The van der Waals surface area contributed by atoms with Crippen LogP contribution < -0.4 is 5.32 Å². The first-order chi connectivity index (χ1) is 8.61. The lowest BCUT2D eigenvalue weighted by Crippen LogP contribution is -2.30. The number of rotatable bonds is 6. The van der Waals surface area contributed by atoms with E-state index in [2.05, 4.69) is 23.4 Å². The van der Waals surface area contributed by atoms with Gasteiger partial charge in [-0.15, -0.1) is 0 Å². The van der Waals surface area contributed by atoms with Gasteiger partial charge < -0.3 is 14.8 Å². The molecule has 1 aromatic heterocycles. The summed E-state index contributed by atoms with van der Waals surface area (Å²) in [4.78, 5) is 0. The molecule has 1 unspecified atom stereocenters. The Bertz CT molecular complexity index is 376. The van der Waals surface area contributed by atoms with E-state index < -0.39 is 5.79 Å². The number of ether oxygens (including phenoxy) is 2. The topological polar surface area (TPSA) is 48.3 Å². The zero-order valence-corrected chi connectivity index (χ0v) is 11.5. The summed E-state index contributed by atoms with van der Waals surface area (Å²) in [6, 6.07) is 2.05. The van der Waals surface area contributed by atoms with Gasteiger partial charge >= 0.3 is 0 Å². The predicted molar refractivity (Wildman–Crippen MR) is 69.1 cm³/mol. The van der Waals surface area contributed by atoms with Gasteiger partial charge in [0, 0.05) is 25.8 Å². The van der Waals surface area contributed by atoms with Crippen LogP contribution in [0.4, 0.5) is 0 Å². The molecule has 0 aliphatic carbocycles. The van der Waals surface area contributed by atoms with Crippen molar-refractivity contribution in [3.8, 4) is 0 Å². The van der Waals surface area contributed by atoms with Crippen molar-refractivity contribution in [2.45, 2.75) is 52.2 Å². The van der Waals surface area contributed by atoms with E-state index in [0.717, 1.165) is 26.1 Å². The van der Waals surface area contributed by atoms with E-state index in [-0.39, 0.29) is 6.10 Å². The van der Waals surface area contributed by atoms with Crippen LogP contribution in [-0.4, -0.2) is 34.8 Å². The van der Waals surface area contributed by atoms with E-state index in [4.69, 9.17) is 9.47 Å². The molecular formula is C13H23N3O2. The normalized spacial score (nSPS) is 22.5. The lowest BCUT2D eigenvalue weighted by atomic mass is 10.3. The summed E-state index contributed by atoms with van der Waals surface area (Å²) in [5, 5.41) is 7.70. The quantitative estimate of drug-likeness (QED) is 0.835. The first kappa shape index (κ1) is 13.5. The van der Waals surface area contributed by atoms with E-state index in [1.165, 1.54) is 5.69 Å². The molecule has 5 nitrogen and oxygen atoms in total. The molecule has 102 valence electrons. The molecule has 1 atom stereocenters. The van der Waals surface area contributed by atoms with Crippen molar-refractivity contribution in [1.82, 2.24) is 15.1 Å². The fourth-order valence-electron chi connectivity index (χ4n) is 2.15. The molecule has 2 rings (SSSR count). The van der Waals surface area contributed by atoms with Gasteiger partial charge in [0.15, 0.2) is 5.79 Å². The van der Waals surface area contributed by atoms with Crippen molar-refractivity contribution in [3.05, 3.63) is 18.0 Å². The van der Waals surface area contributed by atoms with Gasteiger partial charge in [0.1, 0.15) is 0 Å². The van der Waals surface area contributed by atoms with E-state index in [1.807, 2.05) is 24.7 Å². The average Bonchev–Trinajstić information content (AvgIpc) is 2.87. The van der Waals surface area contributed by atoms with E-state index in [0.29, 0.717) is 6.61 Å². The Morgan fingerprint density at radius 3 is 3.06 bits per heavy atom. The molecule has 1 aromatic rings. The Morgan fingerprint density at radius 1 is 1.56 bits per heavy atom. The third kappa shape index (κ3) is 3.54. The first-order valence-electron chi connectivity index (χ1n) is 6.64. The van der Waals surface area contributed by atoms with Crippen molar-refractivity contribution in [2.24, 2.45) is 0 Å². The minimum absolute atomic E-state index is 0.141. The molecular weight excluding hydrogens is 230 g/mol. The summed E-state index contributed by atoms with van der Waals surface area (Å²) in [5.41, 5.74) is 1.22. The van der Waals surface area contributed by atoms with Crippen molar-refractivity contribution in [3.63, 3.8) is 0 Å². The Labute approximate surface area is 108 Å². The van der Waals surface area contributed by atoms with Gasteiger partial charge in [-0.1, -0.05) is 6.92 Å². The highest BCUT2D eigenvalue weighted by atomic mass is 16.7. The molecule has 0 aromatic carbocycles. The molecule has 1 N–H and O–H groups in total. The number of nitrogens with zero attached hydrogens (tertiary/aromatic N) is 2. The molecule has 1 aliphatic rings. The standard InChI is InChI=1S/C13H23N3O2/c1-4-7-16-11(5-6-15-16)8-14-9-12-10-17-13(2,3)18-12/h5-6,12,14H,4,7-10H2,1-3H3. The van der Waals surface area contributed by atoms with Crippen LogP contribution in [0.25, 0.3) is 0 Å². The molecule has 1 aliphatic heterocycles. The highest BCUT2D eigenvalue weighted by Crippen LogP contribution is 2.21. The largest absolute Gasteiger partial charge is 0.348 e. The minimum Gasteiger partial charge on any atom is -0.348 e. The summed E-state index contributed by atoms with van der Waals surface area (Å²) in [6.45, 7) is 9.31. The molecule has 2 heterocycles. The smallest absolute Gasteiger partial charge is 0.163 e. The average molecular weight is 253 g/mol. The maximum atomic E-state index is 5.74. The zero-order chi connectivity index (χ0) is 13.0. The van der Waals surface area contributed by atoms with Crippen molar-refractivity contribution in [2.75, 3.05) is 13.2 Å². The Morgan fingerprint density at radius 2 is 2.39 bits per heavy atom. The zero-order valence-electron chi connectivity index (χ0n) is 11.5. The fourth-order valence-corrected chi connectivity index (χ4v) is 2.15. The van der Waals surface area contributed by atoms with Gasteiger partial charge in [0.05, 0.1) is 18.4 Å². The third-order valence-electron chi connectivity index (χ3n) is 2.99. The van der Waals surface area contributed by atoms with E-state index in [1.54, 1.807) is 0 Å². The summed E-state index contributed by atoms with van der Waals surface area (Å²) in [5.74, 6) is -0.434. The predicted octanol–water partition coefficient (Wildman–Crippen LogP) is 1.53.